The molecule has 0 aliphatic rings. The third-order valence-corrected chi connectivity index (χ3v) is 7.56. The van der Waals surface area contributed by atoms with Crippen molar-refractivity contribution in [3.63, 3.8) is 0 Å². The van der Waals surface area contributed by atoms with Gasteiger partial charge in [0.25, 0.3) is 0 Å². The van der Waals surface area contributed by atoms with Crippen molar-refractivity contribution >= 4 is 29.0 Å². The molecular formula is C30H39N3O4S. The molecule has 1 heterocycles. The Morgan fingerprint density at radius 1 is 1.00 bits per heavy atom. The fraction of sp³-hybridized carbons (Fsp3) is 0.400. The molecule has 3 aromatic rings. The fourth-order valence-electron chi connectivity index (χ4n) is 4.16. The smallest absolute Gasteiger partial charge is 0.322 e. The quantitative estimate of drug-likeness (QED) is 0.295. The molecule has 0 aliphatic carbocycles. The number of hydrogen-bond acceptors (Lipinski definition) is 5. The van der Waals surface area contributed by atoms with E-state index in [1.165, 1.54) is 4.88 Å². The largest absolute Gasteiger partial charge is 0.493 e. The van der Waals surface area contributed by atoms with E-state index in [1.807, 2.05) is 68.1 Å². The monoisotopic (exact) mass is 537 g/mol. The number of thiophene rings is 1. The standard InChI is InChI=1S/C30H39N3O4S/c1-7-22(3)33(30(35)31-25-10-8-9-21(2)17-25)20-29(34)32(19-26-13-11-23(4)38-26)16-15-24-12-14-27(36-5)28(18-24)37-6/h8-14,17-18,22H,7,15-16,19-20H2,1-6H3,(H,31,35). The minimum absolute atomic E-state index is 0.00292. The normalized spacial score (nSPS) is 11.5. The van der Waals surface area contributed by atoms with Gasteiger partial charge in [-0.05, 0) is 81.1 Å². The summed E-state index contributed by atoms with van der Waals surface area (Å²) in [6.45, 7) is 9.05. The first-order valence-electron chi connectivity index (χ1n) is 12.9. The van der Waals surface area contributed by atoms with Crippen LogP contribution in [-0.2, 0) is 17.8 Å². The number of methoxy groups -OCH3 is 2. The van der Waals surface area contributed by atoms with Gasteiger partial charge in [-0.1, -0.05) is 25.1 Å². The number of nitrogens with one attached hydrogen (secondary N) is 1. The van der Waals surface area contributed by atoms with Crippen LogP contribution in [0, 0.1) is 13.8 Å². The summed E-state index contributed by atoms with van der Waals surface area (Å²) in [5.41, 5.74) is 2.82. The molecule has 0 radical (unpaired) electrons. The second-order valence-corrected chi connectivity index (χ2v) is 10.8. The number of hydrogen-bond donors (Lipinski definition) is 1. The molecule has 1 aromatic heterocycles. The van der Waals surface area contributed by atoms with Crippen molar-refractivity contribution in [2.75, 3.05) is 32.6 Å². The van der Waals surface area contributed by atoms with Crippen molar-refractivity contribution in [1.29, 1.82) is 0 Å². The minimum atomic E-state index is -0.273. The van der Waals surface area contributed by atoms with Gasteiger partial charge < -0.3 is 24.6 Å². The summed E-state index contributed by atoms with van der Waals surface area (Å²) in [5, 5.41) is 2.97. The van der Waals surface area contributed by atoms with Gasteiger partial charge in [0.15, 0.2) is 11.5 Å². The number of carbonyl (C=O) groups excluding carboxylic acids is 2. The second kappa shape index (κ2) is 13.9. The number of amides is 3. The topological polar surface area (TPSA) is 71.1 Å². The Kier molecular flexibility index (Phi) is 10.6. The molecule has 1 N–H and O–H groups in total. The average molecular weight is 538 g/mol. The number of aryl methyl sites for hydroxylation is 2. The Bertz CT molecular complexity index is 1230. The van der Waals surface area contributed by atoms with Crippen LogP contribution in [0.3, 0.4) is 0 Å². The fourth-order valence-corrected chi connectivity index (χ4v) is 5.07. The highest BCUT2D eigenvalue weighted by Crippen LogP contribution is 2.28. The maximum Gasteiger partial charge on any atom is 0.322 e. The summed E-state index contributed by atoms with van der Waals surface area (Å²) in [7, 11) is 3.22. The lowest BCUT2D eigenvalue weighted by molar-refractivity contribution is -0.132. The van der Waals surface area contributed by atoms with Gasteiger partial charge in [0.05, 0.1) is 20.8 Å². The first-order chi connectivity index (χ1) is 18.2. The van der Waals surface area contributed by atoms with Gasteiger partial charge in [-0.2, -0.15) is 0 Å². The molecule has 38 heavy (non-hydrogen) atoms. The van der Waals surface area contributed by atoms with Crippen LogP contribution in [-0.4, -0.2) is 55.1 Å². The Labute approximate surface area is 230 Å². The van der Waals surface area contributed by atoms with E-state index in [1.54, 1.807) is 30.5 Å². The van der Waals surface area contributed by atoms with E-state index < -0.39 is 0 Å². The number of anilines is 1. The number of carbonyl (C=O) groups is 2. The molecule has 0 saturated heterocycles. The van der Waals surface area contributed by atoms with Crippen molar-refractivity contribution in [2.24, 2.45) is 0 Å². The summed E-state index contributed by atoms with van der Waals surface area (Å²) >= 11 is 1.68. The Balaban J connectivity index is 1.78. The number of ether oxygens (including phenoxy) is 2. The SMILES string of the molecule is CCC(C)N(CC(=O)N(CCc1ccc(OC)c(OC)c1)Cc1ccc(C)s1)C(=O)Nc1cccc(C)c1. The lowest BCUT2D eigenvalue weighted by atomic mass is 10.1. The molecule has 0 spiro atoms. The van der Waals surface area contributed by atoms with Crippen molar-refractivity contribution in [3.05, 3.63) is 75.5 Å². The van der Waals surface area contributed by atoms with Crippen molar-refractivity contribution in [3.8, 4) is 11.5 Å². The first kappa shape index (κ1) is 29.0. The van der Waals surface area contributed by atoms with Crippen LogP contribution in [0.2, 0.25) is 0 Å². The van der Waals surface area contributed by atoms with Gasteiger partial charge in [0.2, 0.25) is 5.91 Å². The number of benzene rings is 2. The van der Waals surface area contributed by atoms with Crippen LogP contribution in [0.25, 0.3) is 0 Å². The molecule has 0 aliphatic heterocycles. The highest BCUT2D eigenvalue weighted by Gasteiger charge is 2.25. The summed E-state index contributed by atoms with van der Waals surface area (Å²) in [5.74, 6) is 1.24. The molecule has 2 aromatic carbocycles. The summed E-state index contributed by atoms with van der Waals surface area (Å²) in [6.07, 6.45) is 1.39. The number of nitrogens with zero attached hydrogens (tertiary/aromatic N) is 2. The van der Waals surface area contributed by atoms with Gasteiger partial charge in [-0.3, -0.25) is 4.79 Å². The van der Waals surface area contributed by atoms with Crippen molar-refractivity contribution in [2.45, 2.75) is 53.1 Å². The third-order valence-electron chi connectivity index (χ3n) is 6.57. The molecular weight excluding hydrogens is 498 g/mol. The zero-order valence-corrected chi connectivity index (χ0v) is 24.1. The number of urea groups is 1. The van der Waals surface area contributed by atoms with Gasteiger partial charge in [-0.15, -0.1) is 11.3 Å². The summed E-state index contributed by atoms with van der Waals surface area (Å²) in [4.78, 5) is 32.8. The van der Waals surface area contributed by atoms with Gasteiger partial charge in [0.1, 0.15) is 6.54 Å². The van der Waals surface area contributed by atoms with Gasteiger partial charge in [-0.25, -0.2) is 4.79 Å². The summed E-state index contributed by atoms with van der Waals surface area (Å²) < 4.78 is 10.8. The average Bonchev–Trinajstić information content (AvgIpc) is 3.33. The third kappa shape index (κ3) is 7.99. The van der Waals surface area contributed by atoms with E-state index in [4.69, 9.17) is 9.47 Å². The second-order valence-electron chi connectivity index (χ2n) is 9.45. The van der Waals surface area contributed by atoms with Crippen LogP contribution in [0.15, 0.2) is 54.6 Å². The van der Waals surface area contributed by atoms with E-state index in [9.17, 15) is 9.59 Å². The minimum Gasteiger partial charge on any atom is -0.493 e. The maximum absolute atomic E-state index is 13.7. The molecule has 3 amide bonds. The molecule has 7 nitrogen and oxygen atoms in total. The molecule has 8 heteroatoms. The lowest BCUT2D eigenvalue weighted by Crippen LogP contribution is -2.48. The van der Waals surface area contributed by atoms with Gasteiger partial charge in [0, 0.05) is 28.0 Å². The van der Waals surface area contributed by atoms with Crippen molar-refractivity contribution in [1.82, 2.24) is 9.80 Å². The van der Waals surface area contributed by atoms with E-state index in [0.29, 0.717) is 31.0 Å². The first-order valence-corrected chi connectivity index (χ1v) is 13.7. The van der Waals surface area contributed by atoms with Gasteiger partial charge >= 0.3 is 6.03 Å². The van der Waals surface area contributed by atoms with E-state index in [-0.39, 0.29) is 24.5 Å². The van der Waals surface area contributed by atoms with Crippen molar-refractivity contribution < 1.29 is 19.1 Å². The lowest BCUT2D eigenvalue weighted by Gasteiger charge is -2.31. The van der Waals surface area contributed by atoms with E-state index in [2.05, 4.69) is 24.4 Å². The maximum atomic E-state index is 13.7. The van der Waals surface area contributed by atoms with E-state index in [0.717, 1.165) is 28.1 Å². The predicted molar refractivity (Wildman–Crippen MR) is 154 cm³/mol. The molecule has 204 valence electrons. The molecule has 1 unspecified atom stereocenters. The molecule has 0 fully saturated rings. The zero-order chi connectivity index (χ0) is 27.7. The molecule has 0 saturated carbocycles. The van der Waals surface area contributed by atoms with Crippen LogP contribution in [0.5, 0.6) is 11.5 Å². The summed E-state index contributed by atoms with van der Waals surface area (Å²) in [6, 6.07) is 17.2. The highest BCUT2D eigenvalue weighted by molar-refractivity contribution is 7.11. The van der Waals surface area contributed by atoms with Crippen LogP contribution in [0.1, 0.15) is 41.1 Å². The van der Waals surface area contributed by atoms with Crippen LogP contribution >= 0.6 is 11.3 Å². The predicted octanol–water partition coefficient (Wildman–Crippen LogP) is 6.29. The van der Waals surface area contributed by atoms with E-state index >= 15 is 0 Å². The Morgan fingerprint density at radius 3 is 2.39 bits per heavy atom. The Hall–Kier alpha value is -3.52. The molecule has 3 rings (SSSR count). The zero-order valence-electron chi connectivity index (χ0n) is 23.2. The van der Waals surface area contributed by atoms with Crippen LogP contribution < -0.4 is 14.8 Å². The number of rotatable bonds is 12. The molecule has 1 atom stereocenters. The molecule has 0 bridgehead atoms. The van der Waals surface area contributed by atoms with Crippen LogP contribution in [0.4, 0.5) is 10.5 Å². The highest BCUT2D eigenvalue weighted by atomic mass is 32.1. The Morgan fingerprint density at radius 2 is 1.76 bits per heavy atom.